The molecule has 27 heavy (non-hydrogen) atoms. The second-order valence-electron chi connectivity index (χ2n) is 7.20. The van der Waals surface area contributed by atoms with Crippen molar-refractivity contribution in [1.29, 1.82) is 0 Å². The van der Waals surface area contributed by atoms with E-state index in [-0.39, 0.29) is 51.0 Å². The van der Waals surface area contributed by atoms with Crippen molar-refractivity contribution in [2.24, 2.45) is 0 Å². The van der Waals surface area contributed by atoms with Crippen LogP contribution in [0.3, 0.4) is 0 Å². The van der Waals surface area contributed by atoms with E-state index in [0.717, 1.165) is 45.8 Å². The molecule has 6 heteroatoms. The van der Waals surface area contributed by atoms with E-state index in [1.165, 1.54) is 5.57 Å². The fourth-order valence-corrected chi connectivity index (χ4v) is 4.04. The van der Waals surface area contributed by atoms with Crippen LogP contribution in [0.15, 0.2) is 42.0 Å². The predicted molar refractivity (Wildman–Crippen MR) is 103 cm³/mol. The van der Waals surface area contributed by atoms with Crippen LogP contribution in [0.1, 0.15) is 30.0 Å². The third-order valence-electron chi connectivity index (χ3n) is 4.14. The Morgan fingerprint density at radius 3 is 2.41 bits per heavy atom. The number of fused-ring (bicyclic) bond motifs is 1. The number of rotatable bonds is 5. The van der Waals surface area contributed by atoms with Gasteiger partial charge in [0, 0.05) is 0 Å². The first-order valence-electron chi connectivity index (χ1n) is 8.51. The molecule has 3 rings (SSSR count). The summed E-state index contributed by atoms with van der Waals surface area (Å²) in [4.78, 5) is 0. The van der Waals surface area contributed by atoms with E-state index in [4.69, 9.17) is 9.16 Å². The van der Waals surface area contributed by atoms with E-state index in [1.54, 1.807) is 0 Å². The molecular formula is C21H25Cl2O2SiZr. The van der Waals surface area contributed by atoms with Gasteiger partial charge in [-0.1, -0.05) is 24.3 Å². The fraction of sp³-hybridized carbons (Fsp3) is 0.333. The molecule has 0 fully saturated rings. The summed E-state index contributed by atoms with van der Waals surface area (Å²) < 4.78 is 12.2. The van der Waals surface area contributed by atoms with Crippen LogP contribution >= 0.6 is 0 Å². The molecule has 0 aromatic heterocycles. The van der Waals surface area contributed by atoms with Crippen molar-refractivity contribution in [1.82, 2.24) is 0 Å². The largest absolute Gasteiger partial charge is 3.00 e. The molecule has 0 saturated heterocycles. The van der Waals surface area contributed by atoms with E-state index in [1.807, 2.05) is 6.92 Å². The summed E-state index contributed by atoms with van der Waals surface area (Å²) in [5.74, 6) is 1.69. The summed E-state index contributed by atoms with van der Waals surface area (Å²) in [7, 11) is -1.73. The number of hydrogen-bond acceptors (Lipinski definition) is 2. The smallest absolute Gasteiger partial charge is 1.00 e. The Morgan fingerprint density at radius 1 is 1.22 bits per heavy atom. The molecule has 0 atom stereocenters. The van der Waals surface area contributed by atoms with Crippen molar-refractivity contribution in [2.75, 3.05) is 6.61 Å². The minimum atomic E-state index is -1.73. The minimum absolute atomic E-state index is 0. The van der Waals surface area contributed by atoms with Gasteiger partial charge in [0.2, 0.25) is 8.32 Å². The van der Waals surface area contributed by atoms with Crippen LogP contribution in [0, 0.1) is 13.0 Å². The number of ether oxygens (including phenoxy) is 1. The average molecular weight is 500 g/mol. The fourth-order valence-electron chi connectivity index (χ4n) is 3.23. The first-order valence-corrected chi connectivity index (χ1v) is 11.9. The molecule has 0 heterocycles. The van der Waals surface area contributed by atoms with Crippen LogP contribution < -0.4 is 34.0 Å². The second kappa shape index (κ2) is 10.3. The summed E-state index contributed by atoms with van der Waals surface area (Å²) in [6, 6.07) is 2.08. The van der Waals surface area contributed by atoms with Gasteiger partial charge in [-0.2, -0.15) is 0 Å². The summed E-state index contributed by atoms with van der Waals surface area (Å²) in [5, 5.41) is 0. The summed E-state index contributed by atoms with van der Waals surface area (Å²) in [6.07, 6.45) is 10.9. The van der Waals surface area contributed by atoms with Gasteiger partial charge >= 0.3 is 26.2 Å². The minimum Gasteiger partial charge on any atom is -1.00 e. The molecule has 1 radical (unpaired) electrons. The Hall–Kier alpha value is -0.540. The molecule has 143 valence electrons. The van der Waals surface area contributed by atoms with Gasteiger partial charge in [-0.3, -0.25) is 0 Å². The van der Waals surface area contributed by atoms with Crippen molar-refractivity contribution in [2.45, 2.75) is 39.9 Å². The molecule has 2 nitrogen and oxygen atoms in total. The van der Waals surface area contributed by atoms with Crippen LogP contribution in [0.25, 0.3) is 5.57 Å². The van der Waals surface area contributed by atoms with Crippen LogP contribution in [0.4, 0.5) is 0 Å². The molecule has 0 unspecified atom stereocenters. The van der Waals surface area contributed by atoms with Gasteiger partial charge < -0.3 is 34.0 Å². The monoisotopic (exact) mass is 497 g/mol. The van der Waals surface area contributed by atoms with E-state index in [2.05, 4.69) is 63.5 Å². The summed E-state index contributed by atoms with van der Waals surface area (Å²) >= 11 is 0. The molecule has 1 aromatic rings. The normalized spacial score (nSPS) is 14.3. The molecule has 0 aliphatic heterocycles. The molecular weight excluding hydrogens is 474 g/mol. The number of benzene rings is 1. The van der Waals surface area contributed by atoms with Crippen LogP contribution in [-0.4, -0.2) is 14.9 Å². The van der Waals surface area contributed by atoms with Gasteiger partial charge in [0.05, 0.1) is 6.61 Å². The van der Waals surface area contributed by atoms with E-state index in [0.29, 0.717) is 6.61 Å². The van der Waals surface area contributed by atoms with Gasteiger partial charge in [-0.05, 0) is 45.5 Å². The zero-order valence-electron chi connectivity index (χ0n) is 16.5. The summed E-state index contributed by atoms with van der Waals surface area (Å²) in [6.45, 7) is 15.6. The Morgan fingerprint density at radius 2 is 1.89 bits per heavy atom. The van der Waals surface area contributed by atoms with Crippen LogP contribution in [-0.2, 0) is 26.2 Å². The van der Waals surface area contributed by atoms with Crippen molar-refractivity contribution in [3.8, 4) is 11.5 Å². The standard InChI is InChI=1S/C21H25O2Si.2ClH.Zr/c1-7-22-21-15(3)20-14(2)18(16-10-8-9-11-16)12-17(20)13-19(21)23-24(4,5)6;;;/h8-10,13H,2,7,11H2,1,3-6H3;2*1H;/q-1;;;+3/p-2. The maximum Gasteiger partial charge on any atom is 3.00 e. The van der Waals surface area contributed by atoms with Gasteiger partial charge in [-0.15, -0.1) is 40.5 Å². The topological polar surface area (TPSA) is 18.5 Å². The van der Waals surface area contributed by atoms with E-state index in [9.17, 15) is 0 Å². The van der Waals surface area contributed by atoms with Crippen molar-refractivity contribution < 1.29 is 60.2 Å². The van der Waals surface area contributed by atoms with Crippen molar-refractivity contribution in [3.05, 3.63) is 64.8 Å². The van der Waals surface area contributed by atoms with Gasteiger partial charge in [-0.25, -0.2) is 0 Å². The van der Waals surface area contributed by atoms with Crippen LogP contribution in [0.5, 0.6) is 11.5 Å². The molecule has 0 amide bonds. The first-order chi connectivity index (χ1) is 11.3. The molecule has 2 aliphatic carbocycles. The molecule has 1 aromatic carbocycles. The molecule has 0 bridgehead atoms. The third-order valence-corrected chi connectivity index (χ3v) is 4.98. The Kier molecular flexibility index (Phi) is 10.1. The maximum atomic E-state index is 6.30. The average Bonchev–Trinajstić information content (AvgIpc) is 3.09. The number of allylic oxidation sites excluding steroid dienone is 6. The Labute approximate surface area is 195 Å². The quantitative estimate of drug-likeness (QED) is 0.406. The number of halogens is 2. The third kappa shape index (κ3) is 5.50. The van der Waals surface area contributed by atoms with E-state index < -0.39 is 8.32 Å². The van der Waals surface area contributed by atoms with Crippen LogP contribution in [0.2, 0.25) is 19.6 Å². The SMILES string of the molecule is C=C1C(C2=CC=CC2)=[C-]c2cc(O[Si](C)(C)C)c(OCC)c(C)c21.[Cl-].[Cl-].[Zr+3]. The van der Waals surface area contributed by atoms with Crippen molar-refractivity contribution >= 4 is 13.9 Å². The van der Waals surface area contributed by atoms with Gasteiger partial charge in [0.15, 0.2) is 0 Å². The second-order valence-corrected chi connectivity index (χ2v) is 11.6. The van der Waals surface area contributed by atoms with Gasteiger partial charge in [0.25, 0.3) is 0 Å². The molecule has 0 saturated carbocycles. The van der Waals surface area contributed by atoms with Crippen molar-refractivity contribution in [3.63, 3.8) is 0 Å². The maximum absolute atomic E-state index is 6.30. The summed E-state index contributed by atoms with van der Waals surface area (Å²) in [5.41, 5.74) is 6.74. The zero-order valence-corrected chi connectivity index (χ0v) is 21.5. The Balaban J connectivity index is 0.00000225. The predicted octanol–water partition coefficient (Wildman–Crippen LogP) is -0.396. The Bertz CT molecular complexity index is 805. The molecule has 0 spiro atoms. The van der Waals surface area contributed by atoms with E-state index >= 15 is 0 Å². The number of hydrogen-bond donors (Lipinski definition) is 0. The first kappa shape index (κ1) is 26.5. The molecule has 2 aliphatic rings. The molecule has 0 N–H and O–H groups in total. The van der Waals surface area contributed by atoms with Gasteiger partial charge in [0.1, 0.15) is 11.5 Å². The zero-order chi connectivity index (χ0) is 17.5.